The molecule has 0 aliphatic rings. The number of ether oxygens (including phenoxy) is 1. The average Bonchev–Trinajstić information content (AvgIpc) is 3.16. The molecule has 1 amide bonds. The highest BCUT2D eigenvalue weighted by Crippen LogP contribution is 2.26. The fourth-order valence-electron chi connectivity index (χ4n) is 2.91. The van der Waals surface area contributed by atoms with Gasteiger partial charge in [0, 0.05) is 30.2 Å². The number of hydrogen-bond acceptors (Lipinski definition) is 6. The molecule has 2 aromatic carbocycles. The molecule has 10 heteroatoms. The Morgan fingerprint density at radius 3 is 2.52 bits per heavy atom. The fraction of sp³-hybridized carbons (Fsp3) is 0.238. The molecule has 8 nitrogen and oxygen atoms in total. The van der Waals surface area contributed by atoms with Crippen molar-refractivity contribution in [2.45, 2.75) is 24.9 Å². The largest absolute Gasteiger partial charge is 0.495 e. The van der Waals surface area contributed by atoms with Crippen molar-refractivity contribution in [2.24, 2.45) is 0 Å². The number of aryl methyl sites for hydroxylation is 1. The van der Waals surface area contributed by atoms with E-state index >= 15 is 0 Å². The van der Waals surface area contributed by atoms with E-state index in [1.54, 1.807) is 44.3 Å². The van der Waals surface area contributed by atoms with E-state index in [9.17, 15) is 13.2 Å². The first kappa shape index (κ1) is 22.8. The number of nitrogens with zero attached hydrogens (tertiary/aromatic N) is 2. The smallest absolute Gasteiger partial charge is 0.253 e. The molecule has 0 bridgehead atoms. The predicted octanol–water partition coefficient (Wildman–Crippen LogP) is 3.40. The van der Waals surface area contributed by atoms with Gasteiger partial charge in [0.2, 0.25) is 10.0 Å². The molecule has 0 saturated carbocycles. The van der Waals surface area contributed by atoms with Gasteiger partial charge < -0.3 is 14.2 Å². The van der Waals surface area contributed by atoms with Crippen molar-refractivity contribution < 1.29 is 22.5 Å². The molecule has 164 valence electrons. The van der Waals surface area contributed by atoms with Gasteiger partial charge in [-0.25, -0.2) is 13.1 Å². The lowest BCUT2D eigenvalue weighted by Gasteiger charge is -2.17. The van der Waals surface area contributed by atoms with Gasteiger partial charge in [-0.3, -0.25) is 4.79 Å². The first-order valence-corrected chi connectivity index (χ1v) is 11.2. The number of carbonyl (C=O) groups is 1. The lowest BCUT2D eigenvalue weighted by Crippen LogP contribution is -2.27. The van der Waals surface area contributed by atoms with Crippen LogP contribution in [-0.4, -0.2) is 38.5 Å². The first-order chi connectivity index (χ1) is 14.7. The summed E-state index contributed by atoms with van der Waals surface area (Å²) in [7, 11) is -0.985. The monoisotopic (exact) mass is 463 g/mol. The minimum atomic E-state index is -3.95. The number of nitrogens with one attached hydrogen (secondary N) is 1. The van der Waals surface area contributed by atoms with Crippen molar-refractivity contribution in [3.8, 4) is 5.75 Å². The van der Waals surface area contributed by atoms with Crippen LogP contribution in [0.25, 0.3) is 0 Å². The van der Waals surface area contributed by atoms with Crippen molar-refractivity contribution in [1.82, 2.24) is 14.8 Å². The summed E-state index contributed by atoms with van der Waals surface area (Å²) >= 11 is 5.86. The maximum absolute atomic E-state index is 12.9. The molecule has 0 unspecified atom stereocenters. The summed E-state index contributed by atoms with van der Waals surface area (Å²) in [6.45, 7) is 2.04. The van der Waals surface area contributed by atoms with Crippen molar-refractivity contribution in [2.75, 3.05) is 14.2 Å². The van der Waals surface area contributed by atoms with Crippen LogP contribution in [0.2, 0.25) is 5.02 Å². The van der Waals surface area contributed by atoms with Crippen LogP contribution in [0, 0.1) is 6.92 Å². The standard InChI is InChI=1S/C21H22ClN3O5S/c1-14-10-18(24-30-14)13-25(2)21(26)16-6-9-19(29-3)20(11-16)31(27,28)23-12-15-4-7-17(22)8-5-15/h4-11,23H,12-13H2,1-3H3. The van der Waals surface area contributed by atoms with Crippen molar-refractivity contribution in [3.63, 3.8) is 0 Å². The SMILES string of the molecule is COc1ccc(C(=O)N(C)Cc2cc(C)on2)cc1S(=O)(=O)NCc1ccc(Cl)cc1. The van der Waals surface area contributed by atoms with E-state index in [-0.39, 0.29) is 35.2 Å². The molecular formula is C21H22ClN3O5S. The summed E-state index contributed by atoms with van der Waals surface area (Å²) in [6.07, 6.45) is 0. The Labute approximate surface area is 185 Å². The van der Waals surface area contributed by atoms with Gasteiger partial charge >= 0.3 is 0 Å². The molecular weight excluding hydrogens is 442 g/mol. The normalized spacial score (nSPS) is 11.4. The Balaban J connectivity index is 1.81. The molecule has 0 aliphatic heterocycles. The lowest BCUT2D eigenvalue weighted by atomic mass is 10.2. The zero-order chi connectivity index (χ0) is 22.6. The molecule has 1 heterocycles. The predicted molar refractivity (Wildman–Crippen MR) is 116 cm³/mol. The number of hydrogen-bond donors (Lipinski definition) is 1. The van der Waals surface area contributed by atoms with E-state index in [1.807, 2.05) is 0 Å². The van der Waals surface area contributed by atoms with Crippen LogP contribution in [0.15, 0.2) is 57.9 Å². The molecule has 31 heavy (non-hydrogen) atoms. The zero-order valence-electron chi connectivity index (χ0n) is 17.3. The number of benzene rings is 2. The summed E-state index contributed by atoms with van der Waals surface area (Å²) in [6, 6.07) is 12.8. The van der Waals surface area contributed by atoms with E-state index in [0.29, 0.717) is 16.5 Å². The van der Waals surface area contributed by atoms with Crippen LogP contribution in [0.4, 0.5) is 0 Å². The molecule has 0 spiro atoms. The maximum Gasteiger partial charge on any atom is 0.253 e. The molecule has 0 radical (unpaired) electrons. The van der Waals surface area contributed by atoms with Gasteiger partial charge in [-0.05, 0) is 42.8 Å². The van der Waals surface area contributed by atoms with Crippen LogP contribution in [0.1, 0.15) is 27.4 Å². The molecule has 3 rings (SSSR count). The molecule has 0 fully saturated rings. The van der Waals surface area contributed by atoms with E-state index in [1.165, 1.54) is 30.2 Å². The molecule has 0 aliphatic carbocycles. The van der Waals surface area contributed by atoms with Gasteiger partial charge in [0.1, 0.15) is 22.1 Å². The number of carbonyl (C=O) groups excluding carboxylic acids is 1. The van der Waals surface area contributed by atoms with E-state index in [2.05, 4.69) is 9.88 Å². The quantitative estimate of drug-likeness (QED) is 0.549. The number of sulfonamides is 1. The number of aromatic nitrogens is 1. The molecule has 0 atom stereocenters. The second-order valence-corrected chi connectivity index (χ2v) is 9.08. The van der Waals surface area contributed by atoms with Gasteiger partial charge in [0.05, 0.1) is 13.7 Å². The van der Waals surface area contributed by atoms with Gasteiger partial charge in [-0.1, -0.05) is 28.9 Å². The van der Waals surface area contributed by atoms with Crippen LogP contribution in [0.3, 0.4) is 0 Å². The second-order valence-electron chi connectivity index (χ2n) is 6.91. The van der Waals surface area contributed by atoms with Crippen molar-refractivity contribution in [3.05, 3.63) is 76.1 Å². The van der Waals surface area contributed by atoms with Crippen LogP contribution >= 0.6 is 11.6 Å². The van der Waals surface area contributed by atoms with Gasteiger partial charge in [0.25, 0.3) is 5.91 Å². The van der Waals surface area contributed by atoms with Crippen LogP contribution < -0.4 is 9.46 Å². The molecule has 3 aromatic rings. The summed E-state index contributed by atoms with van der Waals surface area (Å²) in [5, 5.41) is 4.43. The third kappa shape index (κ3) is 5.63. The van der Waals surface area contributed by atoms with Gasteiger partial charge in [0.15, 0.2) is 0 Å². The topological polar surface area (TPSA) is 102 Å². The summed E-state index contributed by atoms with van der Waals surface area (Å²) in [5.74, 6) is 0.410. The summed E-state index contributed by atoms with van der Waals surface area (Å²) in [4.78, 5) is 14.1. The highest BCUT2D eigenvalue weighted by atomic mass is 35.5. The van der Waals surface area contributed by atoms with E-state index < -0.39 is 10.0 Å². The van der Waals surface area contributed by atoms with Crippen LogP contribution in [0.5, 0.6) is 5.75 Å². The Kier molecular flexibility index (Phi) is 6.99. The van der Waals surface area contributed by atoms with E-state index in [0.717, 1.165) is 5.56 Å². The van der Waals surface area contributed by atoms with Crippen LogP contribution in [-0.2, 0) is 23.1 Å². The number of halogens is 1. The lowest BCUT2D eigenvalue weighted by molar-refractivity contribution is 0.0782. The zero-order valence-corrected chi connectivity index (χ0v) is 18.8. The molecule has 1 N–H and O–H groups in total. The Morgan fingerprint density at radius 2 is 1.90 bits per heavy atom. The third-order valence-electron chi connectivity index (χ3n) is 4.50. The van der Waals surface area contributed by atoms with Gasteiger partial charge in [-0.15, -0.1) is 0 Å². The minimum Gasteiger partial charge on any atom is -0.495 e. The number of methoxy groups -OCH3 is 1. The first-order valence-electron chi connectivity index (χ1n) is 9.29. The van der Waals surface area contributed by atoms with Crippen molar-refractivity contribution in [1.29, 1.82) is 0 Å². The summed E-state index contributed by atoms with van der Waals surface area (Å²) in [5.41, 5.74) is 1.54. The highest BCUT2D eigenvalue weighted by molar-refractivity contribution is 7.89. The number of amides is 1. The van der Waals surface area contributed by atoms with E-state index in [4.69, 9.17) is 20.9 Å². The Bertz CT molecular complexity index is 1180. The molecule has 1 aromatic heterocycles. The fourth-order valence-corrected chi connectivity index (χ4v) is 4.24. The Hall–Kier alpha value is -2.88. The average molecular weight is 464 g/mol. The third-order valence-corrected chi connectivity index (χ3v) is 6.18. The highest BCUT2D eigenvalue weighted by Gasteiger charge is 2.23. The summed E-state index contributed by atoms with van der Waals surface area (Å²) < 4.78 is 38.6. The second kappa shape index (κ2) is 9.51. The minimum absolute atomic E-state index is 0.0617. The van der Waals surface area contributed by atoms with Gasteiger partial charge in [-0.2, -0.15) is 0 Å². The molecule has 0 saturated heterocycles. The van der Waals surface area contributed by atoms with Crippen molar-refractivity contribution >= 4 is 27.5 Å². The Morgan fingerprint density at radius 1 is 1.19 bits per heavy atom. The number of rotatable bonds is 8. The maximum atomic E-state index is 12.9.